The summed E-state index contributed by atoms with van der Waals surface area (Å²) in [5.41, 5.74) is -0.440. The molecule has 0 aromatic heterocycles. The minimum atomic E-state index is -1.37. The molecule has 0 heterocycles. The number of aliphatic hydroxyl groups excluding tert-OH is 1. The Hall–Kier alpha value is -1.46. The summed E-state index contributed by atoms with van der Waals surface area (Å²) in [7, 11) is 1.59. The van der Waals surface area contributed by atoms with Crippen molar-refractivity contribution in [1.82, 2.24) is 4.90 Å². The predicted octanol–water partition coefficient (Wildman–Crippen LogP) is 2.01. The average molecular weight is 295 g/mol. The zero-order valence-corrected chi connectivity index (χ0v) is 12.3. The van der Waals surface area contributed by atoms with Crippen molar-refractivity contribution in [2.45, 2.75) is 43.8 Å². The van der Waals surface area contributed by atoms with Crippen LogP contribution in [0, 0.1) is 5.82 Å². The largest absolute Gasteiger partial charge is 0.390 e. The first-order chi connectivity index (χ1) is 9.91. The molecular weight excluding hydrogens is 273 g/mol. The molecule has 1 aliphatic carbocycles. The van der Waals surface area contributed by atoms with E-state index in [0.717, 1.165) is 31.7 Å². The van der Waals surface area contributed by atoms with Crippen molar-refractivity contribution in [1.29, 1.82) is 0 Å². The van der Waals surface area contributed by atoms with Crippen molar-refractivity contribution in [3.63, 3.8) is 0 Å². The lowest BCUT2D eigenvalue weighted by Crippen LogP contribution is -2.37. The first-order valence-corrected chi connectivity index (χ1v) is 7.32. The summed E-state index contributed by atoms with van der Waals surface area (Å²) >= 11 is 0. The van der Waals surface area contributed by atoms with Gasteiger partial charge in [0.15, 0.2) is 6.10 Å². The fourth-order valence-corrected chi connectivity index (χ4v) is 2.80. The van der Waals surface area contributed by atoms with Crippen LogP contribution in [0.5, 0.6) is 0 Å². The number of carbonyl (C=O) groups is 1. The van der Waals surface area contributed by atoms with Crippen LogP contribution in [0.3, 0.4) is 0 Å². The van der Waals surface area contributed by atoms with Gasteiger partial charge in [-0.15, -0.1) is 0 Å². The second kappa shape index (κ2) is 6.54. The van der Waals surface area contributed by atoms with Gasteiger partial charge in [-0.1, -0.05) is 25.0 Å². The minimum absolute atomic E-state index is 0.242. The van der Waals surface area contributed by atoms with Gasteiger partial charge < -0.3 is 15.1 Å². The van der Waals surface area contributed by atoms with Gasteiger partial charge in [-0.25, -0.2) is 4.39 Å². The molecule has 116 valence electrons. The standard InChI is InChI=1S/C16H22FNO3/c1-18(10-9-16(21)7-2-3-8-16)15(20)14(19)12-5-4-6-13(17)11-12/h4-6,11,14,19,21H,2-3,7-10H2,1H3/t14-/m1/s1. The molecule has 1 amide bonds. The number of hydrogen-bond donors (Lipinski definition) is 2. The molecule has 1 atom stereocenters. The Labute approximate surface area is 124 Å². The molecule has 1 aliphatic rings. The second-order valence-electron chi connectivity index (χ2n) is 5.90. The molecule has 21 heavy (non-hydrogen) atoms. The normalized spacial score (nSPS) is 18.5. The highest BCUT2D eigenvalue weighted by Crippen LogP contribution is 2.32. The maximum absolute atomic E-state index is 13.1. The topological polar surface area (TPSA) is 60.8 Å². The molecule has 2 rings (SSSR count). The molecular formula is C16H22FNO3. The van der Waals surface area contributed by atoms with Crippen molar-refractivity contribution in [3.8, 4) is 0 Å². The van der Waals surface area contributed by atoms with Gasteiger partial charge in [0.05, 0.1) is 5.60 Å². The van der Waals surface area contributed by atoms with E-state index in [1.54, 1.807) is 7.05 Å². The molecule has 0 spiro atoms. The molecule has 0 radical (unpaired) electrons. The van der Waals surface area contributed by atoms with Crippen LogP contribution < -0.4 is 0 Å². The van der Waals surface area contributed by atoms with Crippen molar-refractivity contribution in [2.24, 2.45) is 0 Å². The highest BCUT2D eigenvalue weighted by atomic mass is 19.1. The molecule has 0 aliphatic heterocycles. The van der Waals surface area contributed by atoms with E-state index in [0.29, 0.717) is 13.0 Å². The molecule has 1 saturated carbocycles. The van der Waals surface area contributed by atoms with E-state index in [-0.39, 0.29) is 5.56 Å². The highest BCUT2D eigenvalue weighted by Gasteiger charge is 2.32. The van der Waals surface area contributed by atoms with Crippen LogP contribution in [-0.2, 0) is 4.79 Å². The molecule has 1 fully saturated rings. The second-order valence-corrected chi connectivity index (χ2v) is 5.90. The summed E-state index contributed by atoms with van der Waals surface area (Å²) in [6.07, 6.45) is 2.69. The minimum Gasteiger partial charge on any atom is -0.390 e. The van der Waals surface area contributed by atoms with Gasteiger partial charge in [-0.3, -0.25) is 4.79 Å². The molecule has 0 bridgehead atoms. The zero-order valence-electron chi connectivity index (χ0n) is 12.3. The predicted molar refractivity (Wildman–Crippen MR) is 77.0 cm³/mol. The van der Waals surface area contributed by atoms with Crippen LogP contribution in [0.25, 0.3) is 0 Å². The van der Waals surface area contributed by atoms with Crippen molar-refractivity contribution in [3.05, 3.63) is 35.6 Å². The van der Waals surface area contributed by atoms with E-state index in [1.807, 2.05) is 0 Å². The Morgan fingerprint density at radius 2 is 2.10 bits per heavy atom. The number of amides is 1. The Balaban J connectivity index is 1.92. The highest BCUT2D eigenvalue weighted by molar-refractivity contribution is 5.81. The molecule has 2 N–H and O–H groups in total. The molecule has 1 aromatic rings. The SMILES string of the molecule is CN(CCC1(O)CCCC1)C(=O)[C@H](O)c1cccc(F)c1. The van der Waals surface area contributed by atoms with Crippen LogP contribution in [0.2, 0.25) is 0 Å². The van der Waals surface area contributed by atoms with Gasteiger partial charge in [0.1, 0.15) is 5.82 Å². The average Bonchev–Trinajstić information content (AvgIpc) is 2.90. The summed E-state index contributed by atoms with van der Waals surface area (Å²) in [5.74, 6) is -0.968. The van der Waals surface area contributed by atoms with E-state index in [9.17, 15) is 19.4 Å². The van der Waals surface area contributed by atoms with Crippen molar-refractivity contribution >= 4 is 5.91 Å². The van der Waals surface area contributed by atoms with Crippen LogP contribution in [0.15, 0.2) is 24.3 Å². The third-order valence-corrected chi connectivity index (χ3v) is 4.22. The van der Waals surface area contributed by atoms with Gasteiger partial charge in [0.2, 0.25) is 0 Å². The number of hydrogen-bond acceptors (Lipinski definition) is 3. The Morgan fingerprint density at radius 1 is 1.43 bits per heavy atom. The van der Waals surface area contributed by atoms with Gasteiger partial charge in [0.25, 0.3) is 5.91 Å². The van der Waals surface area contributed by atoms with Gasteiger partial charge in [-0.05, 0) is 37.0 Å². The van der Waals surface area contributed by atoms with E-state index in [1.165, 1.54) is 23.1 Å². The lowest BCUT2D eigenvalue weighted by Gasteiger charge is -2.27. The van der Waals surface area contributed by atoms with Crippen LogP contribution >= 0.6 is 0 Å². The number of carbonyl (C=O) groups excluding carboxylic acids is 1. The third kappa shape index (κ3) is 4.02. The molecule has 1 aromatic carbocycles. The molecule has 4 nitrogen and oxygen atoms in total. The fourth-order valence-electron chi connectivity index (χ4n) is 2.80. The number of halogens is 1. The number of rotatable bonds is 5. The molecule has 0 saturated heterocycles. The summed E-state index contributed by atoms with van der Waals surface area (Å²) < 4.78 is 13.1. The summed E-state index contributed by atoms with van der Waals surface area (Å²) in [4.78, 5) is 13.5. The Kier molecular flexibility index (Phi) is 4.96. The van der Waals surface area contributed by atoms with Crippen molar-refractivity contribution < 1.29 is 19.4 Å². The summed E-state index contributed by atoms with van der Waals surface area (Å²) in [6, 6.07) is 5.40. The van der Waals surface area contributed by atoms with Crippen molar-refractivity contribution in [2.75, 3.05) is 13.6 Å². The quantitative estimate of drug-likeness (QED) is 0.873. The van der Waals surface area contributed by atoms with Gasteiger partial charge >= 0.3 is 0 Å². The van der Waals surface area contributed by atoms with E-state index in [4.69, 9.17) is 0 Å². The van der Waals surface area contributed by atoms with Gasteiger partial charge in [-0.2, -0.15) is 0 Å². The third-order valence-electron chi connectivity index (χ3n) is 4.22. The number of aliphatic hydroxyl groups is 2. The monoisotopic (exact) mass is 295 g/mol. The maximum atomic E-state index is 13.1. The van der Waals surface area contributed by atoms with Crippen LogP contribution in [-0.4, -0.2) is 40.2 Å². The number of nitrogens with zero attached hydrogens (tertiary/aromatic N) is 1. The molecule has 0 unspecified atom stereocenters. The lowest BCUT2D eigenvalue weighted by atomic mass is 9.97. The van der Waals surface area contributed by atoms with Gasteiger partial charge in [0, 0.05) is 13.6 Å². The van der Waals surface area contributed by atoms with E-state index in [2.05, 4.69) is 0 Å². The number of benzene rings is 1. The first kappa shape index (κ1) is 15.9. The summed E-state index contributed by atoms with van der Waals surface area (Å²) in [5, 5.41) is 20.3. The van der Waals surface area contributed by atoms with E-state index < -0.39 is 23.4 Å². The van der Waals surface area contributed by atoms with Crippen LogP contribution in [0.1, 0.15) is 43.8 Å². The zero-order chi connectivity index (χ0) is 15.5. The van der Waals surface area contributed by atoms with Crippen LogP contribution in [0.4, 0.5) is 4.39 Å². The Bertz CT molecular complexity index is 500. The maximum Gasteiger partial charge on any atom is 0.255 e. The lowest BCUT2D eigenvalue weighted by molar-refractivity contribution is -0.139. The fraction of sp³-hybridized carbons (Fsp3) is 0.562. The number of likely N-dealkylation sites (N-methyl/N-ethyl adjacent to an activating group) is 1. The smallest absolute Gasteiger partial charge is 0.255 e. The van der Waals surface area contributed by atoms with E-state index >= 15 is 0 Å². The molecule has 5 heteroatoms. The summed E-state index contributed by atoms with van der Waals surface area (Å²) in [6.45, 7) is 0.377. The Morgan fingerprint density at radius 3 is 2.71 bits per heavy atom. The first-order valence-electron chi connectivity index (χ1n) is 7.32.